The Balaban J connectivity index is 1.66. The molecule has 0 aromatic heterocycles. The normalized spacial score (nSPS) is 26.3. The van der Waals surface area contributed by atoms with E-state index in [-0.39, 0.29) is 0 Å². The van der Waals surface area contributed by atoms with Crippen molar-refractivity contribution >= 4 is 5.91 Å². The molecule has 1 aliphatic carbocycles. The highest BCUT2D eigenvalue weighted by molar-refractivity contribution is 5.76. The summed E-state index contributed by atoms with van der Waals surface area (Å²) in [7, 11) is 1.97. The van der Waals surface area contributed by atoms with E-state index in [4.69, 9.17) is 0 Å². The van der Waals surface area contributed by atoms with Crippen LogP contribution in [0.2, 0.25) is 0 Å². The van der Waals surface area contributed by atoms with Crippen molar-refractivity contribution in [2.75, 3.05) is 13.6 Å². The van der Waals surface area contributed by atoms with E-state index in [2.05, 4.69) is 5.32 Å². The summed E-state index contributed by atoms with van der Waals surface area (Å²) in [6.07, 6.45) is 8.00. The lowest BCUT2D eigenvalue weighted by Gasteiger charge is -2.35. The fourth-order valence-electron chi connectivity index (χ4n) is 2.45. The van der Waals surface area contributed by atoms with Crippen molar-refractivity contribution in [2.24, 2.45) is 0 Å². The highest BCUT2D eigenvalue weighted by Gasteiger charge is 2.26. The quantitative estimate of drug-likeness (QED) is 0.763. The molecule has 0 aromatic rings. The molecule has 3 nitrogen and oxygen atoms in total. The predicted octanol–water partition coefficient (Wildman–Crippen LogP) is 1.53. The highest BCUT2D eigenvalue weighted by Crippen LogP contribution is 2.24. The number of hydrogen-bond acceptors (Lipinski definition) is 2. The lowest BCUT2D eigenvalue weighted by molar-refractivity contribution is -0.133. The van der Waals surface area contributed by atoms with Gasteiger partial charge in [-0.1, -0.05) is 0 Å². The SMILES string of the molecule is CN(C(=O)CCC1CCCN1)C1CCC1. The van der Waals surface area contributed by atoms with E-state index in [0.29, 0.717) is 18.0 Å². The van der Waals surface area contributed by atoms with Crippen molar-refractivity contribution < 1.29 is 4.79 Å². The van der Waals surface area contributed by atoms with Crippen molar-refractivity contribution in [3.63, 3.8) is 0 Å². The summed E-state index contributed by atoms with van der Waals surface area (Å²) in [6.45, 7) is 1.14. The Labute approximate surface area is 92.2 Å². The molecule has 1 aliphatic heterocycles. The predicted molar refractivity (Wildman–Crippen MR) is 60.7 cm³/mol. The molecule has 0 aromatic carbocycles. The Hall–Kier alpha value is -0.570. The van der Waals surface area contributed by atoms with Gasteiger partial charge in [-0.15, -0.1) is 0 Å². The largest absolute Gasteiger partial charge is 0.343 e. The van der Waals surface area contributed by atoms with Gasteiger partial charge >= 0.3 is 0 Å². The molecular weight excluding hydrogens is 188 g/mol. The molecule has 1 N–H and O–H groups in total. The fourth-order valence-corrected chi connectivity index (χ4v) is 2.45. The number of nitrogens with one attached hydrogen (secondary N) is 1. The number of amides is 1. The van der Waals surface area contributed by atoms with E-state index in [1.54, 1.807) is 0 Å². The summed E-state index contributed by atoms with van der Waals surface area (Å²) >= 11 is 0. The third-order valence-corrected chi connectivity index (χ3v) is 3.88. The maximum Gasteiger partial charge on any atom is 0.222 e. The zero-order chi connectivity index (χ0) is 10.7. The third-order valence-electron chi connectivity index (χ3n) is 3.88. The van der Waals surface area contributed by atoms with Gasteiger partial charge in [-0.05, 0) is 45.1 Å². The molecule has 2 aliphatic rings. The Bertz CT molecular complexity index is 220. The molecular formula is C12H22N2O. The Morgan fingerprint density at radius 2 is 2.13 bits per heavy atom. The van der Waals surface area contributed by atoms with Crippen molar-refractivity contribution in [2.45, 2.75) is 57.0 Å². The van der Waals surface area contributed by atoms with Gasteiger partial charge in [0.1, 0.15) is 0 Å². The van der Waals surface area contributed by atoms with E-state index >= 15 is 0 Å². The molecule has 0 spiro atoms. The average Bonchev–Trinajstić information content (AvgIpc) is 2.63. The van der Waals surface area contributed by atoms with E-state index in [0.717, 1.165) is 19.4 Å². The number of hydrogen-bond donors (Lipinski definition) is 1. The molecule has 15 heavy (non-hydrogen) atoms. The van der Waals surface area contributed by atoms with Crippen LogP contribution >= 0.6 is 0 Å². The molecule has 1 atom stereocenters. The second kappa shape index (κ2) is 4.97. The Kier molecular flexibility index (Phi) is 3.62. The number of rotatable bonds is 4. The van der Waals surface area contributed by atoms with Gasteiger partial charge in [-0.2, -0.15) is 0 Å². The molecule has 2 fully saturated rings. The monoisotopic (exact) mass is 210 g/mol. The van der Waals surface area contributed by atoms with Gasteiger partial charge in [0.25, 0.3) is 0 Å². The van der Waals surface area contributed by atoms with Gasteiger partial charge in [-0.3, -0.25) is 4.79 Å². The number of carbonyl (C=O) groups excluding carboxylic acids is 1. The van der Waals surface area contributed by atoms with Crippen molar-refractivity contribution in [3.05, 3.63) is 0 Å². The van der Waals surface area contributed by atoms with Crippen LogP contribution in [0.25, 0.3) is 0 Å². The topological polar surface area (TPSA) is 32.3 Å². The molecule has 86 valence electrons. The van der Waals surface area contributed by atoms with Crippen LogP contribution in [-0.2, 0) is 4.79 Å². The van der Waals surface area contributed by atoms with Crippen LogP contribution in [0.3, 0.4) is 0 Å². The van der Waals surface area contributed by atoms with Crippen molar-refractivity contribution in [3.8, 4) is 0 Å². The van der Waals surface area contributed by atoms with Crippen molar-refractivity contribution in [1.29, 1.82) is 0 Å². The fraction of sp³-hybridized carbons (Fsp3) is 0.917. The van der Waals surface area contributed by atoms with Gasteiger partial charge in [-0.25, -0.2) is 0 Å². The Morgan fingerprint density at radius 1 is 1.33 bits per heavy atom. The van der Waals surface area contributed by atoms with Crippen LogP contribution in [-0.4, -0.2) is 36.5 Å². The van der Waals surface area contributed by atoms with E-state index < -0.39 is 0 Å². The summed E-state index contributed by atoms with van der Waals surface area (Å²) in [4.78, 5) is 13.8. The summed E-state index contributed by atoms with van der Waals surface area (Å²) in [6, 6.07) is 1.15. The second-order valence-electron chi connectivity index (χ2n) is 4.92. The van der Waals surface area contributed by atoms with Crippen LogP contribution in [0.15, 0.2) is 0 Å². The van der Waals surface area contributed by atoms with Crippen LogP contribution in [0, 0.1) is 0 Å². The zero-order valence-corrected chi connectivity index (χ0v) is 9.67. The smallest absolute Gasteiger partial charge is 0.222 e. The lowest BCUT2D eigenvalue weighted by Crippen LogP contribution is -2.41. The molecule has 1 unspecified atom stereocenters. The first-order valence-electron chi connectivity index (χ1n) is 6.26. The summed E-state index contributed by atoms with van der Waals surface area (Å²) in [5.41, 5.74) is 0. The van der Waals surface area contributed by atoms with E-state index in [1.807, 2.05) is 11.9 Å². The molecule has 0 radical (unpaired) electrons. The maximum absolute atomic E-state index is 11.8. The summed E-state index contributed by atoms with van der Waals surface area (Å²) in [5, 5.41) is 3.44. The van der Waals surface area contributed by atoms with E-state index in [9.17, 15) is 4.79 Å². The highest BCUT2D eigenvalue weighted by atomic mass is 16.2. The standard InChI is InChI=1S/C12H22N2O/c1-14(11-5-2-6-11)12(15)8-7-10-4-3-9-13-10/h10-11,13H,2-9H2,1H3. The maximum atomic E-state index is 11.8. The third kappa shape index (κ3) is 2.71. The minimum Gasteiger partial charge on any atom is -0.343 e. The minimum absolute atomic E-state index is 0.341. The van der Waals surface area contributed by atoms with E-state index in [1.165, 1.54) is 32.1 Å². The van der Waals surface area contributed by atoms with Gasteiger partial charge in [0.2, 0.25) is 5.91 Å². The summed E-state index contributed by atoms with van der Waals surface area (Å²) < 4.78 is 0. The molecule has 1 saturated carbocycles. The second-order valence-corrected chi connectivity index (χ2v) is 4.92. The molecule has 2 rings (SSSR count). The molecule has 1 amide bonds. The van der Waals surface area contributed by atoms with Crippen LogP contribution < -0.4 is 5.32 Å². The van der Waals surface area contributed by atoms with Crippen molar-refractivity contribution in [1.82, 2.24) is 10.2 Å². The van der Waals surface area contributed by atoms with Gasteiger partial charge in [0.15, 0.2) is 0 Å². The lowest BCUT2D eigenvalue weighted by atomic mass is 9.91. The zero-order valence-electron chi connectivity index (χ0n) is 9.67. The summed E-state index contributed by atoms with van der Waals surface area (Å²) in [5.74, 6) is 0.341. The molecule has 0 bridgehead atoms. The first-order valence-corrected chi connectivity index (χ1v) is 6.26. The molecule has 3 heteroatoms. The first-order chi connectivity index (χ1) is 7.27. The van der Waals surface area contributed by atoms with Gasteiger partial charge in [0, 0.05) is 25.6 Å². The Morgan fingerprint density at radius 3 is 2.67 bits per heavy atom. The van der Waals surface area contributed by atoms with Gasteiger partial charge < -0.3 is 10.2 Å². The van der Waals surface area contributed by atoms with Crippen LogP contribution in [0.5, 0.6) is 0 Å². The average molecular weight is 210 g/mol. The number of nitrogens with zero attached hydrogens (tertiary/aromatic N) is 1. The molecule has 1 heterocycles. The number of carbonyl (C=O) groups is 1. The van der Waals surface area contributed by atoms with Crippen LogP contribution in [0.1, 0.15) is 44.9 Å². The first kappa shape index (κ1) is 10.9. The molecule has 1 saturated heterocycles. The van der Waals surface area contributed by atoms with Gasteiger partial charge in [0.05, 0.1) is 0 Å². The van der Waals surface area contributed by atoms with Crippen LogP contribution in [0.4, 0.5) is 0 Å². The minimum atomic E-state index is 0.341.